The largest absolute Gasteiger partial charge is 0.495 e. The van der Waals surface area contributed by atoms with Crippen LogP contribution in [0.15, 0.2) is 0 Å². The minimum Gasteiger partial charge on any atom is -0.281 e. The van der Waals surface area contributed by atoms with Crippen LogP contribution in [0, 0.1) is 0 Å². The van der Waals surface area contributed by atoms with Crippen molar-refractivity contribution in [1.82, 2.24) is 0 Å². The van der Waals surface area contributed by atoms with Crippen molar-refractivity contribution in [1.29, 1.82) is 0 Å². The molecule has 5 nitrogen and oxygen atoms in total. The molecule has 1 N–H and O–H groups in total. The molecule has 0 unspecified atom stereocenters. The van der Waals surface area contributed by atoms with Gasteiger partial charge >= 0.3 is 39.8 Å². The van der Waals surface area contributed by atoms with Crippen LogP contribution >= 0.6 is 0 Å². The highest BCUT2D eigenvalue weighted by molar-refractivity contribution is 7.86. The maximum atomic E-state index is 12.6. The van der Waals surface area contributed by atoms with Crippen LogP contribution in [0.3, 0.4) is 0 Å². The predicted octanol–water partition coefficient (Wildman–Crippen LogP) is 2.89. The Morgan fingerprint density at radius 3 is 1.36 bits per heavy atom. The summed E-state index contributed by atoms with van der Waals surface area (Å²) < 4.78 is 155. The lowest BCUT2D eigenvalue weighted by Gasteiger charge is -2.30. The highest BCUT2D eigenvalue weighted by Gasteiger charge is 2.72. The van der Waals surface area contributed by atoms with Crippen LogP contribution in [0.4, 0.5) is 43.9 Å². The van der Waals surface area contributed by atoms with Crippen molar-refractivity contribution >= 4 is 10.1 Å². The van der Waals surface area contributed by atoms with Gasteiger partial charge in [0.25, 0.3) is 0 Å². The number of halogens is 10. The summed E-state index contributed by atoms with van der Waals surface area (Å²) in [6.45, 7) is -0.686. The van der Waals surface area contributed by atoms with Gasteiger partial charge in [-0.05, 0) is 0 Å². The van der Waals surface area contributed by atoms with Gasteiger partial charge in [-0.3, -0.25) is 4.55 Å². The molecule has 0 rings (SSSR count). The minimum atomic E-state index is -7.04. The summed E-state index contributed by atoms with van der Waals surface area (Å²) in [6, 6.07) is 0. The monoisotopic (exact) mass is 378 g/mol. The number of rotatable bonds is 7. The first-order chi connectivity index (χ1) is 9.16. The van der Waals surface area contributed by atoms with E-state index in [2.05, 4.69) is 0 Å². The summed E-state index contributed by atoms with van der Waals surface area (Å²) in [5.74, 6) is -5.37. The van der Waals surface area contributed by atoms with E-state index in [0.29, 0.717) is 0 Å². The van der Waals surface area contributed by atoms with Gasteiger partial charge in [0.2, 0.25) is 0 Å². The summed E-state index contributed by atoms with van der Waals surface area (Å²) in [5, 5.41) is -6.73. The van der Waals surface area contributed by atoms with Crippen LogP contribution in [0.5, 0.6) is 0 Å². The molecule has 0 atom stereocenters. The molecule has 16 heteroatoms. The van der Waals surface area contributed by atoms with E-state index in [1.807, 2.05) is 4.74 Å². The average molecular weight is 378 g/mol. The Kier molecular flexibility index (Phi) is 5.13. The van der Waals surface area contributed by atoms with E-state index in [9.17, 15) is 52.3 Å². The molecular formula is C6H4F10O5S. The Labute approximate surface area is 114 Å². The molecule has 0 spiro atoms. The molecule has 0 bridgehead atoms. The lowest BCUT2D eigenvalue weighted by molar-refractivity contribution is -0.542. The molecule has 0 heterocycles. The fourth-order valence-corrected chi connectivity index (χ4v) is 0.960. The molecule has 22 heavy (non-hydrogen) atoms. The molecule has 0 saturated carbocycles. The van der Waals surface area contributed by atoms with Crippen LogP contribution < -0.4 is 0 Å². The average Bonchev–Trinajstić information content (AvgIpc) is 2.08. The van der Waals surface area contributed by atoms with Crippen LogP contribution in [-0.4, -0.2) is 42.7 Å². The molecule has 0 fully saturated rings. The molecule has 0 saturated heterocycles. The number of hydrogen-bond acceptors (Lipinski definition) is 4. The van der Waals surface area contributed by atoms with Crippen LogP contribution in [0.25, 0.3) is 0 Å². The SMILES string of the molecule is CC(F)(F)C(F)(F)OC(F)(F)OC(F)(F)C(F)(F)S(=O)(=O)O. The zero-order valence-corrected chi connectivity index (χ0v) is 10.6. The molecule has 0 radical (unpaired) electrons. The third-order valence-corrected chi connectivity index (χ3v) is 2.55. The Hall–Kier alpha value is -0.870. The second-order valence-corrected chi connectivity index (χ2v) is 5.04. The normalized spacial score (nSPS) is 16.0. The summed E-state index contributed by atoms with van der Waals surface area (Å²) in [7, 11) is -7.04. The van der Waals surface area contributed by atoms with E-state index in [1.165, 1.54) is 0 Å². The molecule has 0 aromatic rings. The number of hydrogen-bond donors (Lipinski definition) is 1. The van der Waals surface area contributed by atoms with Crippen LogP contribution in [0.2, 0.25) is 0 Å². The summed E-state index contributed by atoms with van der Waals surface area (Å²) in [5.41, 5.74) is 0. The fraction of sp³-hybridized carbons (Fsp3) is 1.00. The third-order valence-electron chi connectivity index (χ3n) is 1.67. The quantitative estimate of drug-likeness (QED) is 0.419. The van der Waals surface area contributed by atoms with Crippen molar-refractivity contribution in [3.05, 3.63) is 0 Å². The molecule has 0 aliphatic rings. The highest BCUT2D eigenvalue weighted by atomic mass is 32.2. The van der Waals surface area contributed by atoms with Gasteiger partial charge in [-0.2, -0.15) is 43.5 Å². The molecule has 0 aromatic heterocycles. The van der Waals surface area contributed by atoms with E-state index in [1.54, 1.807) is 4.74 Å². The molecular weight excluding hydrogens is 374 g/mol. The standard InChI is InChI=1S/C6H4F10O5S/c1-2(7,8)3(9,10)20-6(15,16)21-4(11,12)5(13,14)22(17,18)19/h1H3,(H,17,18,19). The Bertz CT molecular complexity index is 508. The van der Waals surface area contributed by atoms with Gasteiger partial charge in [-0.1, -0.05) is 0 Å². The molecule has 0 aliphatic carbocycles. The maximum absolute atomic E-state index is 12.6. The van der Waals surface area contributed by atoms with Crippen LogP contribution in [-0.2, 0) is 19.6 Å². The Morgan fingerprint density at radius 1 is 0.773 bits per heavy atom. The second kappa shape index (κ2) is 5.34. The lowest BCUT2D eigenvalue weighted by atomic mass is 10.4. The second-order valence-electron chi connectivity index (χ2n) is 3.58. The predicted molar refractivity (Wildman–Crippen MR) is 44.1 cm³/mol. The molecule has 0 amide bonds. The van der Waals surface area contributed by atoms with Gasteiger partial charge in [0, 0.05) is 6.92 Å². The van der Waals surface area contributed by atoms with Crippen molar-refractivity contribution in [2.75, 3.05) is 0 Å². The first-order valence-electron chi connectivity index (χ1n) is 4.43. The van der Waals surface area contributed by atoms with E-state index >= 15 is 0 Å². The maximum Gasteiger partial charge on any atom is 0.495 e. The molecule has 134 valence electrons. The van der Waals surface area contributed by atoms with E-state index < -0.39 is 46.7 Å². The third kappa shape index (κ3) is 4.32. The fourth-order valence-electron chi connectivity index (χ4n) is 0.618. The highest BCUT2D eigenvalue weighted by Crippen LogP contribution is 2.45. The Balaban J connectivity index is 5.46. The summed E-state index contributed by atoms with van der Waals surface area (Å²) in [6.07, 6.45) is -19.5. The van der Waals surface area contributed by atoms with Gasteiger partial charge in [-0.15, -0.1) is 8.78 Å². The van der Waals surface area contributed by atoms with E-state index in [-0.39, 0.29) is 0 Å². The number of alkyl halides is 10. The van der Waals surface area contributed by atoms with Crippen LogP contribution in [0.1, 0.15) is 6.92 Å². The van der Waals surface area contributed by atoms with Gasteiger partial charge < -0.3 is 0 Å². The molecule has 0 aliphatic heterocycles. The summed E-state index contributed by atoms with van der Waals surface area (Å²) >= 11 is 0. The molecule has 0 aromatic carbocycles. The van der Waals surface area contributed by atoms with Gasteiger partial charge in [0.1, 0.15) is 0 Å². The van der Waals surface area contributed by atoms with E-state index in [4.69, 9.17) is 4.55 Å². The van der Waals surface area contributed by atoms with Gasteiger partial charge in [0.05, 0.1) is 0 Å². The minimum absolute atomic E-state index is 0.686. The van der Waals surface area contributed by atoms with E-state index in [0.717, 1.165) is 0 Å². The van der Waals surface area contributed by atoms with Crippen molar-refractivity contribution in [2.45, 2.75) is 36.6 Å². The van der Waals surface area contributed by atoms with Gasteiger partial charge in [-0.25, -0.2) is 9.47 Å². The first kappa shape index (κ1) is 21.1. The zero-order valence-electron chi connectivity index (χ0n) is 9.77. The topological polar surface area (TPSA) is 72.8 Å². The van der Waals surface area contributed by atoms with Crippen molar-refractivity contribution in [3.8, 4) is 0 Å². The summed E-state index contributed by atoms with van der Waals surface area (Å²) in [4.78, 5) is 0. The zero-order chi connectivity index (χ0) is 18.4. The smallest absolute Gasteiger partial charge is 0.281 e. The van der Waals surface area contributed by atoms with Crippen molar-refractivity contribution < 1.29 is 66.3 Å². The first-order valence-corrected chi connectivity index (χ1v) is 5.87. The van der Waals surface area contributed by atoms with Gasteiger partial charge in [0.15, 0.2) is 0 Å². The van der Waals surface area contributed by atoms with Crippen molar-refractivity contribution in [3.63, 3.8) is 0 Å². The number of ether oxygens (including phenoxy) is 2. The lowest BCUT2D eigenvalue weighted by Crippen LogP contribution is -2.54. The van der Waals surface area contributed by atoms with Crippen molar-refractivity contribution in [2.24, 2.45) is 0 Å². The Morgan fingerprint density at radius 2 is 1.09 bits per heavy atom.